The van der Waals surface area contributed by atoms with Gasteiger partial charge in [-0.05, 0) is 43.4 Å². The van der Waals surface area contributed by atoms with Crippen LogP contribution in [-0.2, 0) is 0 Å². The monoisotopic (exact) mass is 383 g/mol. The quantitative estimate of drug-likeness (QED) is 0.723. The molecular weight excluding hydrogens is 354 g/mol. The van der Waals surface area contributed by atoms with E-state index in [-0.39, 0.29) is 11.8 Å². The van der Waals surface area contributed by atoms with E-state index in [1.165, 1.54) is 7.11 Å². The Balaban J connectivity index is 2.10. The summed E-state index contributed by atoms with van der Waals surface area (Å²) >= 11 is 0. The van der Waals surface area contributed by atoms with Crippen molar-refractivity contribution in [3.8, 4) is 5.75 Å². The lowest BCUT2D eigenvalue weighted by Crippen LogP contribution is -2.35. The summed E-state index contributed by atoms with van der Waals surface area (Å²) in [5, 5.41) is 2.91. The number of anilines is 1. The molecule has 0 heterocycles. The molecule has 0 saturated heterocycles. The highest BCUT2D eigenvalue weighted by atomic mass is 16.5. The molecule has 2 rings (SSSR count). The van der Waals surface area contributed by atoms with Gasteiger partial charge in [0.05, 0.1) is 12.7 Å². The minimum absolute atomic E-state index is 0.169. The summed E-state index contributed by atoms with van der Waals surface area (Å²) < 4.78 is 5.37. The van der Waals surface area contributed by atoms with E-state index in [9.17, 15) is 9.59 Å². The first-order chi connectivity index (χ1) is 13.5. The second-order valence-corrected chi connectivity index (χ2v) is 6.40. The number of likely N-dealkylation sites (N-methyl/N-ethyl adjacent to an activating group) is 1. The van der Waals surface area contributed by atoms with E-state index in [0.717, 1.165) is 25.3 Å². The Morgan fingerprint density at radius 2 is 1.71 bits per heavy atom. The highest BCUT2D eigenvalue weighted by molar-refractivity contribution is 6.07. The van der Waals surface area contributed by atoms with Gasteiger partial charge in [0.1, 0.15) is 5.75 Å². The van der Waals surface area contributed by atoms with E-state index >= 15 is 0 Å². The molecule has 0 aromatic heterocycles. The van der Waals surface area contributed by atoms with Crippen LogP contribution < -0.4 is 15.0 Å². The summed E-state index contributed by atoms with van der Waals surface area (Å²) in [4.78, 5) is 29.1. The van der Waals surface area contributed by atoms with Crippen molar-refractivity contribution in [1.82, 2.24) is 10.2 Å². The van der Waals surface area contributed by atoms with Crippen LogP contribution in [0.15, 0.2) is 48.5 Å². The molecule has 6 nitrogen and oxygen atoms in total. The summed E-state index contributed by atoms with van der Waals surface area (Å²) in [5.74, 6) is 0.00469. The van der Waals surface area contributed by atoms with Crippen molar-refractivity contribution in [3.05, 3.63) is 59.7 Å². The summed E-state index contributed by atoms with van der Waals surface area (Å²) in [6.45, 7) is 7.43. The topological polar surface area (TPSA) is 61.9 Å². The molecule has 0 aliphatic rings. The number of carbonyl (C=O) groups excluding carboxylic acids is 2. The van der Waals surface area contributed by atoms with Crippen LogP contribution >= 0.6 is 0 Å². The number of methoxy groups -OCH3 is 1. The van der Waals surface area contributed by atoms with Crippen LogP contribution in [0.4, 0.5) is 5.69 Å². The molecular formula is C22H29N3O3. The summed E-state index contributed by atoms with van der Waals surface area (Å²) in [5.41, 5.74) is 1.67. The predicted molar refractivity (Wildman–Crippen MR) is 112 cm³/mol. The SMILES string of the molecule is CCN(CC)CCNC(=O)c1ccc(C(=O)N(C)c2ccccc2)cc1OC. The fourth-order valence-corrected chi connectivity index (χ4v) is 2.94. The second-order valence-electron chi connectivity index (χ2n) is 6.40. The molecule has 0 bridgehead atoms. The highest BCUT2D eigenvalue weighted by Gasteiger charge is 2.18. The Morgan fingerprint density at radius 3 is 2.32 bits per heavy atom. The standard InChI is InChI=1S/C22H29N3O3/c1-5-25(6-2)15-14-23-21(26)19-13-12-17(16-20(19)28-4)22(27)24(3)18-10-8-7-9-11-18/h7-13,16H,5-6,14-15H2,1-4H3,(H,23,26). The normalized spacial score (nSPS) is 10.6. The van der Waals surface area contributed by atoms with E-state index in [0.29, 0.717) is 23.4 Å². The van der Waals surface area contributed by atoms with Crippen LogP contribution in [-0.4, -0.2) is 57.1 Å². The van der Waals surface area contributed by atoms with Crippen LogP contribution in [0.25, 0.3) is 0 Å². The van der Waals surface area contributed by atoms with Gasteiger partial charge in [0.25, 0.3) is 11.8 Å². The third-order valence-electron chi connectivity index (χ3n) is 4.75. The fourth-order valence-electron chi connectivity index (χ4n) is 2.94. The van der Waals surface area contributed by atoms with Crippen molar-refractivity contribution < 1.29 is 14.3 Å². The number of hydrogen-bond acceptors (Lipinski definition) is 4. The number of rotatable bonds is 9. The van der Waals surface area contributed by atoms with E-state index in [1.807, 2.05) is 30.3 Å². The minimum Gasteiger partial charge on any atom is -0.496 e. The average molecular weight is 383 g/mol. The summed E-state index contributed by atoms with van der Waals surface area (Å²) in [6, 6.07) is 14.3. The Hall–Kier alpha value is -2.86. The zero-order valence-electron chi connectivity index (χ0n) is 17.1. The highest BCUT2D eigenvalue weighted by Crippen LogP contribution is 2.22. The van der Waals surface area contributed by atoms with Crippen LogP contribution in [0.1, 0.15) is 34.6 Å². The van der Waals surface area contributed by atoms with Crippen LogP contribution in [0.3, 0.4) is 0 Å². The van der Waals surface area contributed by atoms with Crippen molar-refractivity contribution in [2.24, 2.45) is 0 Å². The molecule has 0 radical (unpaired) electrons. The van der Waals surface area contributed by atoms with Gasteiger partial charge in [0.2, 0.25) is 0 Å². The van der Waals surface area contributed by atoms with Crippen molar-refractivity contribution in [2.75, 3.05) is 45.2 Å². The van der Waals surface area contributed by atoms with E-state index in [1.54, 1.807) is 30.1 Å². The van der Waals surface area contributed by atoms with Gasteiger partial charge in [0, 0.05) is 31.4 Å². The molecule has 0 aliphatic carbocycles. The zero-order valence-corrected chi connectivity index (χ0v) is 17.1. The predicted octanol–water partition coefficient (Wildman–Crippen LogP) is 3.04. The molecule has 0 aliphatic heterocycles. The Morgan fingerprint density at radius 1 is 1.04 bits per heavy atom. The van der Waals surface area contributed by atoms with Gasteiger partial charge in [0.15, 0.2) is 0 Å². The molecule has 2 aromatic carbocycles. The number of ether oxygens (including phenoxy) is 1. The maximum absolute atomic E-state index is 12.8. The van der Waals surface area contributed by atoms with Gasteiger partial charge in [-0.3, -0.25) is 9.59 Å². The molecule has 0 spiro atoms. The number of benzene rings is 2. The molecule has 28 heavy (non-hydrogen) atoms. The maximum Gasteiger partial charge on any atom is 0.258 e. The average Bonchev–Trinajstić information content (AvgIpc) is 2.75. The van der Waals surface area contributed by atoms with E-state index < -0.39 is 0 Å². The van der Waals surface area contributed by atoms with Crippen molar-refractivity contribution in [1.29, 1.82) is 0 Å². The number of hydrogen-bond donors (Lipinski definition) is 1. The molecule has 0 fully saturated rings. The Bertz CT molecular complexity index is 789. The second kappa shape index (κ2) is 10.5. The summed E-state index contributed by atoms with van der Waals surface area (Å²) in [7, 11) is 3.22. The van der Waals surface area contributed by atoms with Crippen molar-refractivity contribution in [3.63, 3.8) is 0 Å². The molecule has 2 amide bonds. The molecule has 150 valence electrons. The van der Waals surface area contributed by atoms with E-state index in [2.05, 4.69) is 24.1 Å². The van der Waals surface area contributed by atoms with Crippen molar-refractivity contribution in [2.45, 2.75) is 13.8 Å². The van der Waals surface area contributed by atoms with E-state index in [4.69, 9.17) is 4.74 Å². The van der Waals surface area contributed by atoms with Crippen LogP contribution in [0, 0.1) is 0 Å². The molecule has 0 atom stereocenters. The zero-order chi connectivity index (χ0) is 20.5. The Labute approximate surface area is 167 Å². The third kappa shape index (κ3) is 5.33. The number of nitrogens with one attached hydrogen (secondary N) is 1. The molecule has 0 saturated carbocycles. The molecule has 1 N–H and O–H groups in total. The molecule has 0 unspecified atom stereocenters. The smallest absolute Gasteiger partial charge is 0.258 e. The third-order valence-corrected chi connectivity index (χ3v) is 4.75. The van der Waals surface area contributed by atoms with Gasteiger partial charge in [-0.15, -0.1) is 0 Å². The lowest BCUT2D eigenvalue weighted by Gasteiger charge is -2.19. The largest absolute Gasteiger partial charge is 0.496 e. The minimum atomic E-state index is -0.209. The Kier molecular flexibility index (Phi) is 8.02. The number of carbonyl (C=O) groups is 2. The first kappa shape index (κ1) is 21.4. The van der Waals surface area contributed by atoms with Gasteiger partial charge >= 0.3 is 0 Å². The maximum atomic E-state index is 12.8. The molecule has 2 aromatic rings. The number of nitrogens with zero attached hydrogens (tertiary/aromatic N) is 2. The van der Waals surface area contributed by atoms with Gasteiger partial charge in [-0.2, -0.15) is 0 Å². The lowest BCUT2D eigenvalue weighted by molar-refractivity contribution is 0.0942. The first-order valence-corrected chi connectivity index (χ1v) is 9.53. The van der Waals surface area contributed by atoms with Crippen LogP contribution in [0.2, 0.25) is 0 Å². The number of para-hydroxylation sites is 1. The van der Waals surface area contributed by atoms with Gasteiger partial charge in [-0.1, -0.05) is 32.0 Å². The van der Waals surface area contributed by atoms with Gasteiger partial charge < -0.3 is 19.9 Å². The molecule has 6 heteroatoms. The van der Waals surface area contributed by atoms with Crippen LogP contribution in [0.5, 0.6) is 5.75 Å². The fraction of sp³-hybridized carbons (Fsp3) is 0.364. The number of amides is 2. The lowest BCUT2D eigenvalue weighted by atomic mass is 10.1. The first-order valence-electron chi connectivity index (χ1n) is 9.53. The van der Waals surface area contributed by atoms with Gasteiger partial charge in [-0.25, -0.2) is 0 Å². The summed E-state index contributed by atoms with van der Waals surface area (Å²) in [6.07, 6.45) is 0. The van der Waals surface area contributed by atoms with Crippen molar-refractivity contribution >= 4 is 17.5 Å².